The van der Waals surface area contributed by atoms with E-state index >= 15 is 0 Å². The molecule has 160 valence electrons. The number of amides is 1. The molecule has 5 nitrogen and oxygen atoms in total. The van der Waals surface area contributed by atoms with Crippen LogP contribution in [0.2, 0.25) is 5.02 Å². The molecule has 2 aromatic carbocycles. The van der Waals surface area contributed by atoms with Crippen LogP contribution in [0.4, 0.5) is 11.5 Å². The van der Waals surface area contributed by atoms with Gasteiger partial charge in [0.15, 0.2) is 5.82 Å². The topological polar surface area (TPSA) is 58.1 Å². The number of hydrogen-bond donors (Lipinski definition) is 1. The van der Waals surface area contributed by atoms with Crippen molar-refractivity contribution < 1.29 is 4.79 Å². The van der Waals surface area contributed by atoms with E-state index in [4.69, 9.17) is 16.6 Å². The zero-order valence-electron chi connectivity index (χ0n) is 17.5. The molecule has 4 aromatic rings. The Balaban J connectivity index is 1.60. The van der Waals surface area contributed by atoms with Gasteiger partial charge in [-0.15, -0.1) is 0 Å². The zero-order chi connectivity index (χ0) is 22.2. The number of benzene rings is 2. The normalized spacial score (nSPS) is 10.5. The van der Waals surface area contributed by atoms with Gasteiger partial charge in [-0.05, 0) is 47.9 Å². The Bertz CT molecular complexity index is 1150. The Kier molecular flexibility index (Phi) is 7.10. The largest absolute Gasteiger partial charge is 0.368 e. The first-order valence-corrected chi connectivity index (χ1v) is 10.8. The summed E-state index contributed by atoms with van der Waals surface area (Å²) in [4.78, 5) is 22.6. The lowest BCUT2D eigenvalue weighted by Gasteiger charge is -2.21. The summed E-state index contributed by atoms with van der Waals surface area (Å²) in [6.07, 6.45) is 5.11. The monoisotopic (exact) mass is 442 g/mol. The van der Waals surface area contributed by atoms with Crippen molar-refractivity contribution in [2.24, 2.45) is 0 Å². The number of carbonyl (C=O) groups is 1. The summed E-state index contributed by atoms with van der Waals surface area (Å²) in [6, 6.07) is 25.5. The molecule has 0 aliphatic heterocycles. The van der Waals surface area contributed by atoms with Gasteiger partial charge in [0.2, 0.25) is 6.41 Å². The average molecular weight is 443 g/mol. The lowest BCUT2D eigenvalue weighted by molar-refractivity contribution is -0.107. The third kappa shape index (κ3) is 5.50. The number of nitrogens with zero attached hydrogens (tertiary/aromatic N) is 3. The second-order valence-corrected chi connectivity index (χ2v) is 7.76. The van der Waals surface area contributed by atoms with E-state index in [1.54, 1.807) is 17.3 Å². The average Bonchev–Trinajstić information content (AvgIpc) is 2.85. The van der Waals surface area contributed by atoms with Crippen LogP contribution >= 0.6 is 11.6 Å². The molecule has 0 spiro atoms. The van der Waals surface area contributed by atoms with Crippen LogP contribution < -0.4 is 10.2 Å². The SMILES string of the molecule is O=CN(Cc1cccnc1)c1ccc(-c2ccccc2)nc1NCCc1ccc(Cl)cc1. The van der Waals surface area contributed by atoms with E-state index in [0.29, 0.717) is 18.9 Å². The predicted octanol–water partition coefficient (Wildman–Crippen LogP) is 5.61. The summed E-state index contributed by atoms with van der Waals surface area (Å²) in [5.41, 5.74) is 4.70. The van der Waals surface area contributed by atoms with Gasteiger partial charge in [-0.25, -0.2) is 4.98 Å². The maximum atomic E-state index is 12.0. The van der Waals surface area contributed by atoms with Crippen LogP contribution in [0.1, 0.15) is 11.1 Å². The van der Waals surface area contributed by atoms with Crippen molar-refractivity contribution >= 4 is 29.5 Å². The van der Waals surface area contributed by atoms with Gasteiger partial charge in [-0.2, -0.15) is 0 Å². The molecule has 0 fully saturated rings. The molecule has 0 saturated heterocycles. The van der Waals surface area contributed by atoms with Crippen LogP contribution in [-0.2, 0) is 17.8 Å². The molecule has 0 aliphatic rings. The predicted molar refractivity (Wildman–Crippen MR) is 130 cm³/mol. The molecule has 1 amide bonds. The zero-order valence-corrected chi connectivity index (χ0v) is 18.2. The lowest BCUT2D eigenvalue weighted by Crippen LogP contribution is -2.23. The molecule has 6 heteroatoms. The lowest BCUT2D eigenvalue weighted by atomic mass is 10.1. The van der Waals surface area contributed by atoms with Gasteiger partial charge in [-0.3, -0.25) is 9.78 Å². The Morgan fingerprint density at radius 1 is 0.906 bits per heavy atom. The van der Waals surface area contributed by atoms with E-state index < -0.39 is 0 Å². The van der Waals surface area contributed by atoms with E-state index in [-0.39, 0.29) is 0 Å². The van der Waals surface area contributed by atoms with E-state index in [2.05, 4.69) is 10.3 Å². The summed E-state index contributed by atoms with van der Waals surface area (Å²) in [5.74, 6) is 0.663. The van der Waals surface area contributed by atoms with E-state index in [9.17, 15) is 4.79 Å². The number of aromatic nitrogens is 2. The molecule has 0 unspecified atom stereocenters. The summed E-state index contributed by atoms with van der Waals surface area (Å²) in [6.45, 7) is 1.08. The van der Waals surface area contributed by atoms with Gasteiger partial charge in [0, 0.05) is 29.5 Å². The Labute approximate surface area is 192 Å². The van der Waals surface area contributed by atoms with E-state index in [0.717, 1.165) is 40.4 Å². The highest BCUT2D eigenvalue weighted by molar-refractivity contribution is 6.30. The molecule has 32 heavy (non-hydrogen) atoms. The van der Waals surface area contributed by atoms with Crippen molar-refractivity contribution in [1.82, 2.24) is 9.97 Å². The molecule has 0 aliphatic carbocycles. The van der Waals surface area contributed by atoms with Crippen molar-refractivity contribution in [3.63, 3.8) is 0 Å². The molecule has 4 rings (SSSR count). The van der Waals surface area contributed by atoms with Gasteiger partial charge in [-0.1, -0.05) is 60.1 Å². The molecular weight excluding hydrogens is 420 g/mol. The summed E-state index contributed by atoms with van der Waals surface area (Å²) in [5, 5.41) is 4.15. The summed E-state index contributed by atoms with van der Waals surface area (Å²) < 4.78 is 0. The first-order chi connectivity index (χ1) is 15.7. The number of pyridine rings is 2. The molecular formula is C26H23ClN4O. The van der Waals surface area contributed by atoms with Gasteiger partial charge >= 0.3 is 0 Å². The Morgan fingerprint density at radius 3 is 2.44 bits per heavy atom. The van der Waals surface area contributed by atoms with Crippen molar-refractivity contribution in [3.05, 3.63) is 107 Å². The summed E-state index contributed by atoms with van der Waals surface area (Å²) in [7, 11) is 0. The van der Waals surface area contributed by atoms with Gasteiger partial charge in [0.25, 0.3) is 0 Å². The third-order valence-corrected chi connectivity index (χ3v) is 5.33. The van der Waals surface area contributed by atoms with E-state index in [1.807, 2.05) is 78.9 Å². The quantitative estimate of drug-likeness (QED) is 0.342. The van der Waals surface area contributed by atoms with Crippen LogP contribution in [0.15, 0.2) is 91.3 Å². The van der Waals surface area contributed by atoms with Crippen LogP contribution in [0.25, 0.3) is 11.3 Å². The van der Waals surface area contributed by atoms with Crippen LogP contribution in [0.5, 0.6) is 0 Å². The van der Waals surface area contributed by atoms with Crippen LogP contribution in [-0.4, -0.2) is 22.9 Å². The smallest absolute Gasteiger partial charge is 0.214 e. The number of nitrogens with one attached hydrogen (secondary N) is 1. The number of rotatable bonds is 9. The van der Waals surface area contributed by atoms with Gasteiger partial charge in [0.1, 0.15) is 0 Å². The standard InChI is InChI=1S/C26H23ClN4O/c27-23-10-8-20(9-11-23)14-16-29-26-25(31(19-32)18-21-5-4-15-28-17-21)13-12-24(30-26)22-6-2-1-3-7-22/h1-13,15,17,19H,14,16,18H2,(H,29,30). The number of carbonyl (C=O) groups excluding carboxylic acids is 1. The van der Waals surface area contributed by atoms with Gasteiger partial charge < -0.3 is 10.2 Å². The molecule has 2 heterocycles. The maximum absolute atomic E-state index is 12.0. The second-order valence-electron chi connectivity index (χ2n) is 7.33. The van der Waals surface area contributed by atoms with E-state index in [1.165, 1.54) is 5.56 Å². The van der Waals surface area contributed by atoms with Crippen molar-refractivity contribution in [3.8, 4) is 11.3 Å². The second kappa shape index (κ2) is 10.6. The van der Waals surface area contributed by atoms with Crippen molar-refractivity contribution in [2.75, 3.05) is 16.8 Å². The minimum absolute atomic E-state index is 0.412. The number of halogens is 1. The molecule has 2 aromatic heterocycles. The summed E-state index contributed by atoms with van der Waals surface area (Å²) >= 11 is 5.99. The maximum Gasteiger partial charge on any atom is 0.214 e. The minimum atomic E-state index is 0.412. The fraction of sp³-hybridized carbons (Fsp3) is 0.115. The first kappa shape index (κ1) is 21.5. The molecule has 0 radical (unpaired) electrons. The minimum Gasteiger partial charge on any atom is -0.368 e. The number of anilines is 2. The fourth-order valence-corrected chi connectivity index (χ4v) is 3.55. The van der Waals surface area contributed by atoms with Crippen LogP contribution in [0.3, 0.4) is 0 Å². The highest BCUT2D eigenvalue weighted by Crippen LogP contribution is 2.29. The van der Waals surface area contributed by atoms with Gasteiger partial charge in [0.05, 0.1) is 17.9 Å². The molecule has 0 saturated carbocycles. The Morgan fingerprint density at radius 2 is 1.72 bits per heavy atom. The van der Waals surface area contributed by atoms with Crippen LogP contribution in [0, 0.1) is 0 Å². The van der Waals surface area contributed by atoms with Crippen molar-refractivity contribution in [2.45, 2.75) is 13.0 Å². The first-order valence-electron chi connectivity index (χ1n) is 10.4. The van der Waals surface area contributed by atoms with Crippen molar-refractivity contribution in [1.29, 1.82) is 0 Å². The highest BCUT2D eigenvalue weighted by Gasteiger charge is 2.14. The highest BCUT2D eigenvalue weighted by atomic mass is 35.5. The molecule has 0 atom stereocenters. The number of hydrogen-bond acceptors (Lipinski definition) is 4. The molecule has 0 bridgehead atoms. The fourth-order valence-electron chi connectivity index (χ4n) is 3.43. The Hall–Kier alpha value is -3.70. The third-order valence-electron chi connectivity index (χ3n) is 5.08. The molecule has 1 N–H and O–H groups in total.